The number of fused-ring (bicyclic) bond motifs is 2. The van der Waals surface area contributed by atoms with Crippen LogP contribution in [0.15, 0.2) is 54.7 Å². The van der Waals surface area contributed by atoms with E-state index in [2.05, 4.69) is 10.00 Å². The Labute approximate surface area is 147 Å². The van der Waals surface area contributed by atoms with Crippen LogP contribution >= 0.6 is 0 Å². The molecule has 0 spiro atoms. The van der Waals surface area contributed by atoms with Crippen molar-refractivity contribution in [1.82, 2.24) is 9.78 Å². The molecule has 1 amide bonds. The summed E-state index contributed by atoms with van der Waals surface area (Å²) in [5.74, 6) is 1.01. The molecule has 1 aliphatic heterocycles. The molecule has 0 N–H and O–H groups in total. The van der Waals surface area contributed by atoms with Gasteiger partial charge in [-0.25, -0.2) is 0 Å². The van der Waals surface area contributed by atoms with E-state index in [9.17, 15) is 4.79 Å². The maximum absolute atomic E-state index is 13.3. The molecule has 5 heteroatoms. The zero-order valence-electron chi connectivity index (χ0n) is 14.6. The fourth-order valence-electron chi connectivity index (χ4n) is 3.48. The Morgan fingerprint density at radius 2 is 1.80 bits per heavy atom. The molecule has 2 heterocycles. The zero-order chi connectivity index (χ0) is 17.6. The summed E-state index contributed by atoms with van der Waals surface area (Å²) in [5, 5.41) is 4.38. The maximum atomic E-state index is 13.3. The number of para-hydroxylation sites is 2. The van der Waals surface area contributed by atoms with Gasteiger partial charge in [-0.05, 0) is 31.2 Å². The quantitative estimate of drug-likeness (QED) is 0.683. The lowest BCUT2D eigenvalue weighted by atomic mass is 10.1. The molecule has 1 aliphatic rings. The number of amides is 1. The van der Waals surface area contributed by atoms with Crippen LogP contribution in [-0.4, -0.2) is 22.7 Å². The predicted molar refractivity (Wildman–Crippen MR) is 99.4 cm³/mol. The molecule has 1 aromatic heterocycles. The molecule has 2 aromatic carbocycles. The summed E-state index contributed by atoms with van der Waals surface area (Å²) in [5.41, 5.74) is 4.71. The van der Waals surface area contributed by atoms with E-state index in [1.54, 1.807) is 0 Å². The van der Waals surface area contributed by atoms with Crippen LogP contribution in [0.2, 0.25) is 0 Å². The Hall–Kier alpha value is -3.08. The van der Waals surface area contributed by atoms with Gasteiger partial charge in [0.25, 0.3) is 5.91 Å². The monoisotopic (exact) mass is 332 g/mol. The SMILES string of the molecule is Cc1cccc(C(=O)N2Cc3cnn(C)c3N(C)c3ccccc32)c1. The number of benzene rings is 2. The summed E-state index contributed by atoms with van der Waals surface area (Å²) < 4.78 is 1.85. The Bertz CT molecular complexity index is 960. The van der Waals surface area contributed by atoms with Crippen molar-refractivity contribution >= 4 is 23.1 Å². The number of rotatable bonds is 1. The van der Waals surface area contributed by atoms with E-state index in [-0.39, 0.29) is 5.91 Å². The van der Waals surface area contributed by atoms with E-state index in [0.717, 1.165) is 28.3 Å². The number of carbonyl (C=O) groups is 1. The topological polar surface area (TPSA) is 41.4 Å². The first-order valence-electron chi connectivity index (χ1n) is 8.28. The van der Waals surface area contributed by atoms with E-state index >= 15 is 0 Å². The number of nitrogens with zero attached hydrogens (tertiary/aromatic N) is 4. The summed E-state index contributed by atoms with van der Waals surface area (Å²) in [6.07, 6.45) is 1.84. The lowest BCUT2D eigenvalue weighted by Gasteiger charge is -2.25. The minimum absolute atomic E-state index is 0.00116. The Balaban J connectivity index is 1.87. The van der Waals surface area contributed by atoms with Crippen LogP contribution < -0.4 is 9.80 Å². The minimum Gasteiger partial charge on any atom is -0.328 e. The van der Waals surface area contributed by atoms with Crippen molar-refractivity contribution in [3.8, 4) is 0 Å². The molecule has 0 atom stereocenters. The van der Waals surface area contributed by atoms with E-state index in [1.165, 1.54) is 0 Å². The van der Waals surface area contributed by atoms with E-state index in [1.807, 2.05) is 85.3 Å². The van der Waals surface area contributed by atoms with Crippen LogP contribution in [0.25, 0.3) is 0 Å². The minimum atomic E-state index is 0.00116. The second-order valence-corrected chi connectivity index (χ2v) is 6.43. The normalized spacial score (nSPS) is 13.2. The van der Waals surface area contributed by atoms with Gasteiger partial charge in [-0.15, -0.1) is 0 Å². The molecule has 0 radical (unpaired) electrons. The third-order valence-electron chi connectivity index (χ3n) is 4.67. The molecular formula is C20H20N4O. The molecule has 0 bridgehead atoms. The lowest BCUT2D eigenvalue weighted by Crippen LogP contribution is -2.30. The van der Waals surface area contributed by atoms with E-state index in [0.29, 0.717) is 12.1 Å². The Morgan fingerprint density at radius 3 is 2.56 bits per heavy atom. The first-order valence-corrected chi connectivity index (χ1v) is 8.28. The van der Waals surface area contributed by atoms with Crippen LogP contribution in [0.3, 0.4) is 0 Å². The van der Waals surface area contributed by atoms with Crippen molar-refractivity contribution in [2.75, 3.05) is 16.8 Å². The van der Waals surface area contributed by atoms with Crippen LogP contribution in [-0.2, 0) is 13.6 Å². The number of aryl methyl sites for hydroxylation is 2. The summed E-state index contributed by atoms with van der Waals surface area (Å²) >= 11 is 0. The van der Waals surface area contributed by atoms with Gasteiger partial charge in [0.2, 0.25) is 0 Å². The van der Waals surface area contributed by atoms with E-state index in [4.69, 9.17) is 0 Å². The van der Waals surface area contributed by atoms with Gasteiger partial charge in [0, 0.05) is 25.2 Å². The third kappa shape index (κ3) is 2.48. The zero-order valence-corrected chi connectivity index (χ0v) is 14.6. The highest BCUT2D eigenvalue weighted by atomic mass is 16.2. The van der Waals surface area contributed by atoms with Crippen molar-refractivity contribution in [1.29, 1.82) is 0 Å². The van der Waals surface area contributed by atoms with Crippen LogP contribution in [0.4, 0.5) is 17.2 Å². The fraction of sp³-hybridized carbons (Fsp3) is 0.200. The second kappa shape index (κ2) is 5.77. The molecule has 0 fully saturated rings. The average Bonchev–Trinajstić information content (AvgIpc) is 2.92. The highest BCUT2D eigenvalue weighted by Gasteiger charge is 2.29. The van der Waals surface area contributed by atoms with Crippen LogP contribution in [0.5, 0.6) is 0 Å². The Morgan fingerprint density at radius 1 is 1.04 bits per heavy atom. The van der Waals surface area contributed by atoms with Gasteiger partial charge in [0.1, 0.15) is 5.82 Å². The highest BCUT2D eigenvalue weighted by Crippen LogP contribution is 2.39. The average molecular weight is 332 g/mol. The largest absolute Gasteiger partial charge is 0.328 e. The number of aromatic nitrogens is 2. The Kier molecular flexibility index (Phi) is 3.57. The summed E-state index contributed by atoms with van der Waals surface area (Å²) in [6, 6.07) is 15.7. The van der Waals surface area contributed by atoms with Crippen molar-refractivity contribution in [2.24, 2.45) is 7.05 Å². The van der Waals surface area contributed by atoms with Gasteiger partial charge in [0.05, 0.1) is 24.1 Å². The molecule has 0 saturated heterocycles. The van der Waals surface area contributed by atoms with Crippen molar-refractivity contribution in [2.45, 2.75) is 13.5 Å². The molecule has 3 aromatic rings. The lowest BCUT2D eigenvalue weighted by molar-refractivity contribution is 0.0985. The summed E-state index contributed by atoms with van der Waals surface area (Å²) in [7, 11) is 3.94. The summed E-state index contributed by atoms with van der Waals surface area (Å²) in [6.45, 7) is 2.50. The smallest absolute Gasteiger partial charge is 0.258 e. The summed E-state index contributed by atoms with van der Waals surface area (Å²) in [4.78, 5) is 17.2. The molecule has 0 aliphatic carbocycles. The number of carbonyl (C=O) groups excluding carboxylic acids is 1. The fourth-order valence-corrected chi connectivity index (χ4v) is 3.48. The highest BCUT2D eigenvalue weighted by molar-refractivity contribution is 6.08. The van der Waals surface area contributed by atoms with Gasteiger partial charge >= 0.3 is 0 Å². The molecule has 0 saturated carbocycles. The van der Waals surface area contributed by atoms with Crippen molar-refractivity contribution in [3.05, 3.63) is 71.4 Å². The third-order valence-corrected chi connectivity index (χ3v) is 4.67. The first kappa shape index (κ1) is 15.4. The molecule has 5 nitrogen and oxygen atoms in total. The van der Waals surface area contributed by atoms with E-state index < -0.39 is 0 Å². The maximum Gasteiger partial charge on any atom is 0.258 e. The van der Waals surface area contributed by atoms with Gasteiger partial charge in [-0.1, -0.05) is 29.8 Å². The van der Waals surface area contributed by atoms with Gasteiger partial charge in [0.15, 0.2) is 0 Å². The second-order valence-electron chi connectivity index (χ2n) is 6.43. The number of anilines is 3. The van der Waals surface area contributed by atoms with Crippen molar-refractivity contribution < 1.29 is 4.79 Å². The standard InChI is InChI=1S/C20H20N4O/c1-14-7-6-8-15(11-14)20(25)24-13-16-12-21-23(3)19(16)22(2)17-9-4-5-10-18(17)24/h4-12H,13H2,1-3H3. The van der Waals surface area contributed by atoms with Crippen LogP contribution in [0, 0.1) is 6.92 Å². The molecule has 126 valence electrons. The predicted octanol–water partition coefficient (Wildman–Crippen LogP) is 3.66. The number of hydrogen-bond acceptors (Lipinski definition) is 3. The molecule has 25 heavy (non-hydrogen) atoms. The van der Waals surface area contributed by atoms with Gasteiger partial charge in [-0.3, -0.25) is 9.48 Å². The molecule has 4 rings (SSSR count). The number of hydrogen-bond donors (Lipinski definition) is 0. The van der Waals surface area contributed by atoms with Gasteiger partial charge in [-0.2, -0.15) is 5.10 Å². The van der Waals surface area contributed by atoms with Gasteiger partial charge < -0.3 is 9.80 Å². The van der Waals surface area contributed by atoms with Crippen LogP contribution in [0.1, 0.15) is 21.5 Å². The van der Waals surface area contributed by atoms with Crippen molar-refractivity contribution in [3.63, 3.8) is 0 Å². The molecular weight excluding hydrogens is 312 g/mol. The molecule has 0 unspecified atom stereocenters. The first-order chi connectivity index (χ1) is 12.1.